The van der Waals surface area contributed by atoms with Crippen LogP contribution < -0.4 is 5.32 Å². The lowest BCUT2D eigenvalue weighted by atomic mass is 9.98. The number of hydrogen-bond donors (Lipinski definition) is 3. The van der Waals surface area contributed by atoms with Crippen molar-refractivity contribution in [1.82, 2.24) is 5.32 Å². The molecule has 0 spiro atoms. The molecule has 76 valence electrons. The summed E-state index contributed by atoms with van der Waals surface area (Å²) in [4.78, 5) is 21.0. The molecule has 13 heavy (non-hydrogen) atoms. The van der Waals surface area contributed by atoms with Gasteiger partial charge in [0, 0.05) is 6.04 Å². The molecule has 2 atom stereocenters. The molecule has 0 saturated carbocycles. The van der Waals surface area contributed by atoms with E-state index in [9.17, 15) is 9.59 Å². The number of carboxylic acid groups (broad SMARTS) is 2. The molecular formula is C8H15NO4. The molecule has 0 amide bonds. The third-order valence-electron chi connectivity index (χ3n) is 1.84. The molecule has 0 aromatic rings. The largest absolute Gasteiger partial charge is 0.481 e. The van der Waals surface area contributed by atoms with E-state index < -0.39 is 17.9 Å². The van der Waals surface area contributed by atoms with Crippen molar-refractivity contribution in [2.45, 2.75) is 26.3 Å². The van der Waals surface area contributed by atoms with E-state index in [1.165, 1.54) is 0 Å². The Hall–Kier alpha value is -1.10. The first kappa shape index (κ1) is 11.9. The number of rotatable bonds is 6. The Morgan fingerprint density at radius 3 is 2.23 bits per heavy atom. The van der Waals surface area contributed by atoms with Gasteiger partial charge in [0.05, 0.1) is 12.3 Å². The molecule has 0 saturated heterocycles. The number of carboxylic acids is 2. The maximum atomic E-state index is 10.6. The van der Waals surface area contributed by atoms with Crippen LogP contribution in [0.15, 0.2) is 0 Å². The van der Waals surface area contributed by atoms with E-state index in [1.807, 2.05) is 6.92 Å². The lowest BCUT2D eigenvalue weighted by Crippen LogP contribution is -2.38. The Balaban J connectivity index is 4.23. The number of aliphatic carboxylic acids is 2. The fourth-order valence-electron chi connectivity index (χ4n) is 1.13. The van der Waals surface area contributed by atoms with E-state index in [-0.39, 0.29) is 12.5 Å². The van der Waals surface area contributed by atoms with Gasteiger partial charge in [-0.1, -0.05) is 6.92 Å². The predicted molar refractivity (Wildman–Crippen MR) is 46.5 cm³/mol. The SMILES string of the molecule is CCNC(C)C(CC(=O)O)C(=O)O. The van der Waals surface area contributed by atoms with E-state index >= 15 is 0 Å². The minimum absolute atomic E-state index is 0.321. The van der Waals surface area contributed by atoms with E-state index in [1.54, 1.807) is 6.92 Å². The molecule has 2 unspecified atom stereocenters. The van der Waals surface area contributed by atoms with Crippen LogP contribution in [0.5, 0.6) is 0 Å². The average Bonchev–Trinajstić information content (AvgIpc) is 1.99. The first-order valence-corrected chi connectivity index (χ1v) is 4.17. The van der Waals surface area contributed by atoms with Gasteiger partial charge in [-0.05, 0) is 13.5 Å². The molecule has 3 N–H and O–H groups in total. The highest BCUT2D eigenvalue weighted by Crippen LogP contribution is 2.09. The summed E-state index contributed by atoms with van der Waals surface area (Å²) in [6, 6.07) is -0.321. The maximum absolute atomic E-state index is 10.6. The molecule has 0 bridgehead atoms. The van der Waals surface area contributed by atoms with Gasteiger partial charge in [-0.3, -0.25) is 9.59 Å². The zero-order chi connectivity index (χ0) is 10.4. The van der Waals surface area contributed by atoms with Gasteiger partial charge in [-0.25, -0.2) is 0 Å². The number of hydrogen-bond acceptors (Lipinski definition) is 3. The Kier molecular flexibility index (Phi) is 5.06. The van der Waals surface area contributed by atoms with Crippen LogP contribution in [-0.2, 0) is 9.59 Å². The minimum atomic E-state index is -1.09. The topological polar surface area (TPSA) is 86.6 Å². The zero-order valence-electron chi connectivity index (χ0n) is 7.78. The Morgan fingerprint density at radius 2 is 1.92 bits per heavy atom. The molecule has 0 radical (unpaired) electrons. The first-order chi connectivity index (χ1) is 5.99. The predicted octanol–water partition coefficient (Wildman–Crippen LogP) is 0.160. The van der Waals surface area contributed by atoms with Crippen molar-refractivity contribution in [2.24, 2.45) is 5.92 Å². The van der Waals surface area contributed by atoms with E-state index in [0.29, 0.717) is 6.54 Å². The quantitative estimate of drug-likeness (QED) is 0.554. The maximum Gasteiger partial charge on any atom is 0.308 e. The van der Waals surface area contributed by atoms with Gasteiger partial charge in [0.1, 0.15) is 0 Å². The molecule has 0 fully saturated rings. The second-order valence-corrected chi connectivity index (χ2v) is 2.89. The van der Waals surface area contributed by atoms with Gasteiger partial charge >= 0.3 is 11.9 Å². The molecule has 5 heteroatoms. The van der Waals surface area contributed by atoms with Crippen LogP contribution in [0.3, 0.4) is 0 Å². The number of nitrogens with one attached hydrogen (secondary N) is 1. The summed E-state index contributed by atoms with van der Waals surface area (Å²) in [7, 11) is 0. The van der Waals surface area contributed by atoms with Crippen molar-refractivity contribution >= 4 is 11.9 Å². The van der Waals surface area contributed by atoms with Gasteiger partial charge in [-0.15, -0.1) is 0 Å². The van der Waals surface area contributed by atoms with Crippen molar-refractivity contribution in [3.05, 3.63) is 0 Å². The summed E-state index contributed by atoms with van der Waals surface area (Å²) in [5.41, 5.74) is 0. The van der Waals surface area contributed by atoms with Crippen molar-refractivity contribution in [3.63, 3.8) is 0 Å². The van der Waals surface area contributed by atoms with Crippen LogP contribution in [0.25, 0.3) is 0 Å². The molecular weight excluding hydrogens is 174 g/mol. The summed E-state index contributed by atoms with van der Waals surface area (Å²) in [5, 5.41) is 20.1. The van der Waals surface area contributed by atoms with E-state index in [4.69, 9.17) is 10.2 Å². The van der Waals surface area contributed by atoms with Crippen molar-refractivity contribution in [3.8, 4) is 0 Å². The second-order valence-electron chi connectivity index (χ2n) is 2.89. The molecule has 0 aromatic heterocycles. The van der Waals surface area contributed by atoms with E-state index in [0.717, 1.165) is 0 Å². The average molecular weight is 189 g/mol. The molecule has 0 aromatic carbocycles. The highest BCUT2D eigenvalue weighted by atomic mass is 16.4. The first-order valence-electron chi connectivity index (χ1n) is 4.17. The smallest absolute Gasteiger partial charge is 0.308 e. The minimum Gasteiger partial charge on any atom is -0.481 e. The Labute approximate surface area is 76.8 Å². The summed E-state index contributed by atoms with van der Waals surface area (Å²) in [6.07, 6.45) is -0.344. The van der Waals surface area contributed by atoms with Crippen LogP contribution in [0, 0.1) is 5.92 Å². The van der Waals surface area contributed by atoms with Gasteiger partial charge in [0.2, 0.25) is 0 Å². The van der Waals surface area contributed by atoms with Gasteiger partial charge in [0.25, 0.3) is 0 Å². The van der Waals surface area contributed by atoms with Crippen molar-refractivity contribution < 1.29 is 19.8 Å². The van der Waals surface area contributed by atoms with Gasteiger partial charge in [0.15, 0.2) is 0 Å². The lowest BCUT2D eigenvalue weighted by Gasteiger charge is -2.18. The molecule has 0 aliphatic rings. The van der Waals surface area contributed by atoms with Gasteiger partial charge < -0.3 is 15.5 Å². The summed E-state index contributed by atoms with van der Waals surface area (Å²) < 4.78 is 0. The van der Waals surface area contributed by atoms with E-state index in [2.05, 4.69) is 5.32 Å². The molecule has 5 nitrogen and oxygen atoms in total. The van der Waals surface area contributed by atoms with Gasteiger partial charge in [-0.2, -0.15) is 0 Å². The second kappa shape index (κ2) is 5.53. The van der Waals surface area contributed by atoms with Crippen LogP contribution in [0.1, 0.15) is 20.3 Å². The van der Waals surface area contributed by atoms with Crippen LogP contribution in [-0.4, -0.2) is 34.7 Å². The molecule has 0 rings (SSSR count). The van der Waals surface area contributed by atoms with Crippen LogP contribution >= 0.6 is 0 Å². The molecule has 0 aliphatic carbocycles. The van der Waals surface area contributed by atoms with Crippen molar-refractivity contribution in [2.75, 3.05) is 6.54 Å². The fraction of sp³-hybridized carbons (Fsp3) is 0.750. The normalized spacial score (nSPS) is 14.9. The monoisotopic (exact) mass is 189 g/mol. The summed E-state index contributed by atoms with van der Waals surface area (Å²) >= 11 is 0. The fourth-order valence-corrected chi connectivity index (χ4v) is 1.13. The third-order valence-corrected chi connectivity index (χ3v) is 1.84. The molecule has 0 heterocycles. The summed E-state index contributed by atoms with van der Waals surface area (Å²) in [5.74, 6) is -3.02. The number of carbonyl (C=O) groups is 2. The highest BCUT2D eigenvalue weighted by molar-refractivity contribution is 5.78. The van der Waals surface area contributed by atoms with Crippen LogP contribution in [0.4, 0.5) is 0 Å². The third kappa shape index (κ3) is 4.47. The van der Waals surface area contributed by atoms with Crippen molar-refractivity contribution in [1.29, 1.82) is 0 Å². The molecule has 0 aliphatic heterocycles. The zero-order valence-corrected chi connectivity index (χ0v) is 7.78. The Bertz CT molecular complexity index is 193. The Morgan fingerprint density at radius 1 is 1.38 bits per heavy atom. The lowest BCUT2D eigenvalue weighted by molar-refractivity contribution is -0.149. The van der Waals surface area contributed by atoms with Crippen LogP contribution in [0.2, 0.25) is 0 Å². The highest BCUT2D eigenvalue weighted by Gasteiger charge is 2.26. The standard InChI is InChI=1S/C8H15NO4/c1-3-9-5(2)6(8(12)13)4-7(10)11/h5-6,9H,3-4H2,1-2H3,(H,10,11)(H,12,13). The summed E-state index contributed by atoms with van der Waals surface area (Å²) in [6.45, 7) is 4.14.